The van der Waals surface area contributed by atoms with Gasteiger partial charge < -0.3 is 15.2 Å². The highest BCUT2D eigenvalue weighted by Crippen LogP contribution is 2.35. The topological polar surface area (TPSA) is 79.4 Å². The molecule has 0 aliphatic carbocycles. The highest BCUT2D eigenvalue weighted by Gasteiger charge is 2.18. The van der Waals surface area contributed by atoms with Crippen LogP contribution in [0.4, 0.5) is 0 Å². The maximum Gasteiger partial charge on any atom is 0.239 e. The highest BCUT2D eigenvalue weighted by atomic mass is 16.5. The number of primary amides is 1. The number of hydrogen-bond acceptors (Lipinski definition) is 4. The molecule has 0 radical (unpaired) electrons. The van der Waals surface area contributed by atoms with E-state index in [-0.39, 0.29) is 6.54 Å². The number of nitrogens with zero attached hydrogens (tertiary/aromatic N) is 2. The summed E-state index contributed by atoms with van der Waals surface area (Å²) < 4.78 is 13.1. The predicted octanol–water partition coefficient (Wildman–Crippen LogP) is 3.24. The van der Waals surface area contributed by atoms with Gasteiger partial charge in [-0.15, -0.1) is 0 Å². The van der Waals surface area contributed by atoms with E-state index in [1.807, 2.05) is 62.4 Å². The Morgan fingerprint density at radius 1 is 1.07 bits per heavy atom. The van der Waals surface area contributed by atoms with E-state index in [1.165, 1.54) is 0 Å². The summed E-state index contributed by atoms with van der Waals surface area (Å²) in [7, 11) is 1.65. The van der Waals surface area contributed by atoms with Crippen molar-refractivity contribution < 1.29 is 14.3 Å². The average Bonchev–Trinajstić information content (AvgIpc) is 2.93. The lowest BCUT2D eigenvalue weighted by Crippen LogP contribution is -2.20. The first kappa shape index (κ1) is 18.5. The van der Waals surface area contributed by atoms with Crippen molar-refractivity contribution in [3.8, 4) is 22.6 Å². The minimum atomic E-state index is -0.423. The summed E-state index contributed by atoms with van der Waals surface area (Å²) in [6.45, 7) is 4.28. The van der Waals surface area contributed by atoms with E-state index >= 15 is 0 Å². The maximum absolute atomic E-state index is 11.3. The number of ether oxygens (including phenoxy) is 2. The van der Waals surface area contributed by atoms with Crippen molar-refractivity contribution in [3.05, 3.63) is 65.5 Å². The number of carbonyl (C=O) groups is 1. The zero-order valence-corrected chi connectivity index (χ0v) is 15.7. The lowest BCUT2D eigenvalue weighted by molar-refractivity contribution is -0.118. The first-order chi connectivity index (χ1) is 13.0. The molecule has 0 unspecified atom stereocenters. The summed E-state index contributed by atoms with van der Waals surface area (Å²) in [5.74, 6) is 1.11. The van der Waals surface area contributed by atoms with Crippen LogP contribution in [0.2, 0.25) is 0 Å². The third-order valence-electron chi connectivity index (χ3n) is 4.42. The molecule has 2 N–H and O–H groups in total. The molecule has 0 saturated carbocycles. The summed E-state index contributed by atoms with van der Waals surface area (Å²) in [5.41, 5.74) is 9.87. The van der Waals surface area contributed by atoms with E-state index < -0.39 is 5.91 Å². The molecule has 3 rings (SSSR count). The summed E-state index contributed by atoms with van der Waals surface area (Å²) in [6, 6.07) is 15.6. The van der Waals surface area contributed by atoms with Gasteiger partial charge in [-0.05, 0) is 26.0 Å². The Kier molecular flexibility index (Phi) is 5.45. The van der Waals surface area contributed by atoms with Gasteiger partial charge in [0.25, 0.3) is 0 Å². The average molecular weight is 365 g/mol. The maximum atomic E-state index is 11.3. The van der Waals surface area contributed by atoms with Crippen molar-refractivity contribution in [1.29, 1.82) is 0 Å². The van der Waals surface area contributed by atoms with E-state index in [1.54, 1.807) is 11.8 Å². The summed E-state index contributed by atoms with van der Waals surface area (Å²) in [5, 5.41) is 4.45. The second-order valence-electron chi connectivity index (χ2n) is 6.27. The Morgan fingerprint density at radius 2 is 1.74 bits per heavy atom. The van der Waals surface area contributed by atoms with E-state index in [4.69, 9.17) is 15.2 Å². The fourth-order valence-electron chi connectivity index (χ4n) is 3.17. The SMILES string of the molecule is COc1ccccc1COc1ccccc1-c1c(C)nn(CC(N)=O)c1C. The predicted molar refractivity (Wildman–Crippen MR) is 104 cm³/mol. The zero-order chi connectivity index (χ0) is 19.4. The third kappa shape index (κ3) is 3.95. The standard InChI is InChI=1S/C21H23N3O3/c1-14-21(15(2)24(23-14)12-20(22)25)17-9-5-7-11-19(17)27-13-16-8-4-6-10-18(16)26-3/h4-11H,12-13H2,1-3H3,(H2,22,25). The molecule has 3 aromatic rings. The Hall–Kier alpha value is -3.28. The van der Waals surface area contributed by atoms with Gasteiger partial charge >= 0.3 is 0 Å². The quantitative estimate of drug-likeness (QED) is 0.697. The van der Waals surface area contributed by atoms with Crippen LogP contribution in [0.25, 0.3) is 11.1 Å². The zero-order valence-electron chi connectivity index (χ0n) is 15.7. The second-order valence-corrected chi connectivity index (χ2v) is 6.27. The van der Waals surface area contributed by atoms with E-state index in [2.05, 4.69) is 5.10 Å². The highest BCUT2D eigenvalue weighted by molar-refractivity contribution is 5.76. The number of para-hydroxylation sites is 2. The van der Waals surface area contributed by atoms with Crippen molar-refractivity contribution in [1.82, 2.24) is 9.78 Å². The number of hydrogen-bond donors (Lipinski definition) is 1. The van der Waals surface area contributed by atoms with Gasteiger partial charge in [0.05, 0.1) is 12.8 Å². The molecule has 6 nitrogen and oxygen atoms in total. The molecule has 1 amide bonds. The largest absolute Gasteiger partial charge is 0.496 e. The minimum Gasteiger partial charge on any atom is -0.496 e. The van der Waals surface area contributed by atoms with E-state index in [0.29, 0.717) is 6.61 Å². The number of amides is 1. The van der Waals surface area contributed by atoms with Crippen LogP contribution in [0, 0.1) is 13.8 Å². The Labute approximate surface area is 158 Å². The van der Waals surface area contributed by atoms with Crippen molar-refractivity contribution in [2.45, 2.75) is 27.0 Å². The molecular formula is C21H23N3O3. The number of aryl methyl sites for hydroxylation is 1. The van der Waals surface area contributed by atoms with Crippen LogP contribution < -0.4 is 15.2 Å². The van der Waals surface area contributed by atoms with Crippen LogP contribution in [-0.4, -0.2) is 22.8 Å². The van der Waals surface area contributed by atoms with Gasteiger partial charge in [-0.1, -0.05) is 36.4 Å². The van der Waals surface area contributed by atoms with E-state index in [9.17, 15) is 4.79 Å². The second kappa shape index (κ2) is 7.95. The van der Waals surface area contributed by atoms with Crippen molar-refractivity contribution in [2.24, 2.45) is 5.73 Å². The lowest BCUT2D eigenvalue weighted by Gasteiger charge is -2.14. The van der Waals surface area contributed by atoms with Gasteiger partial charge in [0.15, 0.2) is 0 Å². The summed E-state index contributed by atoms with van der Waals surface area (Å²) in [6.07, 6.45) is 0. The molecule has 0 aliphatic rings. The van der Waals surface area contributed by atoms with Crippen LogP contribution in [0.15, 0.2) is 48.5 Å². The third-order valence-corrected chi connectivity index (χ3v) is 4.42. The molecule has 6 heteroatoms. The molecule has 2 aromatic carbocycles. The lowest BCUT2D eigenvalue weighted by atomic mass is 10.0. The monoisotopic (exact) mass is 365 g/mol. The molecule has 140 valence electrons. The molecule has 1 aromatic heterocycles. The number of aromatic nitrogens is 2. The van der Waals surface area contributed by atoms with Crippen molar-refractivity contribution in [3.63, 3.8) is 0 Å². The van der Waals surface area contributed by atoms with Crippen LogP contribution in [-0.2, 0) is 17.9 Å². The fraction of sp³-hybridized carbons (Fsp3) is 0.238. The molecular weight excluding hydrogens is 342 g/mol. The molecule has 0 spiro atoms. The number of rotatable bonds is 7. The van der Waals surface area contributed by atoms with Crippen LogP contribution in [0.3, 0.4) is 0 Å². The van der Waals surface area contributed by atoms with Crippen molar-refractivity contribution >= 4 is 5.91 Å². The molecule has 27 heavy (non-hydrogen) atoms. The van der Waals surface area contributed by atoms with Gasteiger partial charge in [-0.2, -0.15) is 5.10 Å². The van der Waals surface area contributed by atoms with Crippen LogP contribution in [0.1, 0.15) is 17.0 Å². The molecule has 1 heterocycles. The summed E-state index contributed by atoms with van der Waals surface area (Å²) >= 11 is 0. The molecule has 0 aliphatic heterocycles. The molecule has 0 bridgehead atoms. The van der Waals surface area contributed by atoms with Crippen molar-refractivity contribution in [2.75, 3.05) is 7.11 Å². The number of methoxy groups -OCH3 is 1. The van der Waals surface area contributed by atoms with Gasteiger partial charge in [0.2, 0.25) is 5.91 Å². The fourth-order valence-corrected chi connectivity index (χ4v) is 3.17. The Bertz CT molecular complexity index is 963. The Balaban J connectivity index is 1.93. The van der Waals surface area contributed by atoms with Crippen LogP contribution >= 0.6 is 0 Å². The normalized spacial score (nSPS) is 10.6. The number of benzene rings is 2. The van der Waals surface area contributed by atoms with Crippen LogP contribution in [0.5, 0.6) is 11.5 Å². The van der Waals surface area contributed by atoms with Gasteiger partial charge in [0, 0.05) is 22.4 Å². The minimum absolute atomic E-state index is 0.0525. The number of carbonyl (C=O) groups excluding carboxylic acids is 1. The van der Waals surface area contributed by atoms with E-state index in [0.717, 1.165) is 39.6 Å². The molecule has 0 atom stereocenters. The Morgan fingerprint density at radius 3 is 2.44 bits per heavy atom. The first-order valence-corrected chi connectivity index (χ1v) is 8.67. The summed E-state index contributed by atoms with van der Waals surface area (Å²) in [4.78, 5) is 11.3. The smallest absolute Gasteiger partial charge is 0.239 e. The number of nitrogens with two attached hydrogens (primary N) is 1. The first-order valence-electron chi connectivity index (χ1n) is 8.67. The van der Waals surface area contributed by atoms with Gasteiger partial charge in [-0.3, -0.25) is 9.48 Å². The molecule has 0 fully saturated rings. The van der Waals surface area contributed by atoms with Gasteiger partial charge in [0.1, 0.15) is 24.7 Å². The molecule has 0 saturated heterocycles. The van der Waals surface area contributed by atoms with Gasteiger partial charge in [-0.25, -0.2) is 0 Å².